The monoisotopic (exact) mass is 339 g/mol. The first-order valence-corrected chi connectivity index (χ1v) is 7.37. The molecule has 6 heteroatoms. The van der Waals surface area contributed by atoms with E-state index in [0.29, 0.717) is 12.2 Å². The maximum Gasteiger partial charge on any atom is 0.319 e. The molecule has 2 rings (SSSR count). The van der Waals surface area contributed by atoms with Gasteiger partial charge in [0.2, 0.25) is 5.91 Å². The average Bonchev–Trinajstić information content (AvgIpc) is 2.32. The molecule has 0 aromatic heterocycles. The molecule has 1 aliphatic rings. The molecule has 0 bridgehead atoms. The Kier molecular flexibility index (Phi) is 4.65. The van der Waals surface area contributed by atoms with Crippen LogP contribution in [-0.2, 0) is 4.79 Å². The highest BCUT2D eigenvalue weighted by atomic mass is 79.9. The Balaban J connectivity index is 1.99. The number of benzene rings is 1. The molecule has 1 aromatic carbocycles. The van der Waals surface area contributed by atoms with Gasteiger partial charge in [-0.15, -0.1) is 0 Å². The molecular formula is C14H18BrN3O2. The number of piperidine rings is 1. The highest BCUT2D eigenvalue weighted by molar-refractivity contribution is 9.10. The van der Waals surface area contributed by atoms with Crippen molar-refractivity contribution in [2.24, 2.45) is 5.92 Å². The minimum Gasteiger partial charge on any atom is -0.354 e. The van der Waals surface area contributed by atoms with Crippen LogP contribution in [0.4, 0.5) is 10.5 Å². The zero-order chi connectivity index (χ0) is 14.7. The van der Waals surface area contributed by atoms with Gasteiger partial charge < -0.3 is 16.0 Å². The molecule has 5 nitrogen and oxygen atoms in total. The van der Waals surface area contributed by atoms with Crippen molar-refractivity contribution in [3.63, 3.8) is 0 Å². The van der Waals surface area contributed by atoms with E-state index in [0.717, 1.165) is 16.5 Å². The quantitative estimate of drug-likeness (QED) is 0.774. The van der Waals surface area contributed by atoms with E-state index >= 15 is 0 Å². The molecule has 0 unspecified atom stereocenters. The first kappa shape index (κ1) is 14.8. The Morgan fingerprint density at radius 3 is 2.80 bits per heavy atom. The number of hydrogen-bond acceptors (Lipinski definition) is 2. The van der Waals surface area contributed by atoms with Crippen LogP contribution in [0.15, 0.2) is 22.7 Å². The fourth-order valence-corrected chi connectivity index (χ4v) is 2.89. The van der Waals surface area contributed by atoms with Crippen molar-refractivity contribution in [2.45, 2.75) is 26.3 Å². The van der Waals surface area contributed by atoms with Gasteiger partial charge in [0.15, 0.2) is 0 Å². The molecule has 108 valence electrons. The lowest BCUT2D eigenvalue weighted by Crippen LogP contribution is -2.55. The Morgan fingerprint density at radius 1 is 1.40 bits per heavy atom. The number of urea groups is 1. The summed E-state index contributed by atoms with van der Waals surface area (Å²) in [5.41, 5.74) is 1.73. The van der Waals surface area contributed by atoms with Gasteiger partial charge in [-0.25, -0.2) is 4.79 Å². The highest BCUT2D eigenvalue weighted by Gasteiger charge is 2.30. The van der Waals surface area contributed by atoms with E-state index in [1.165, 1.54) is 0 Å². The van der Waals surface area contributed by atoms with Gasteiger partial charge in [-0.05, 0) is 43.0 Å². The minimum atomic E-state index is -0.475. The summed E-state index contributed by atoms with van der Waals surface area (Å²) in [5, 5.41) is 8.24. The second kappa shape index (κ2) is 6.26. The zero-order valence-electron chi connectivity index (χ0n) is 11.5. The number of carbonyl (C=O) groups is 2. The van der Waals surface area contributed by atoms with E-state index in [4.69, 9.17) is 0 Å². The van der Waals surface area contributed by atoms with Crippen LogP contribution in [0.25, 0.3) is 0 Å². The molecular weight excluding hydrogens is 322 g/mol. The van der Waals surface area contributed by atoms with Crippen LogP contribution in [0.1, 0.15) is 18.9 Å². The van der Waals surface area contributed by atoms with E-state index in [2.05, 4.69) is 31.9 Å². The van der Waals surface area contributed by atoms with Gasteiger partial charge >= 0.3 is 6.03 Å². The number of anilines is 1. The van der Waals surface area contributed by atoms with Crippen LogP contribution in [-0.4, -0.2) is 24.5 Å². The summed E-state index contributed by atoms with van der Waals surface area (Å²) in [6, 6.07) is 4.80. The van der Waals surface area contributed by atoms with Gasteiger partial charge in [-0.3, -0.25) is 4.79 Å². The molecule has 20 heavy (non-hydrogen) atoms. The maximum absolute atomic E-state index is 12.0. The van der Waals surface area contributed by atoms with Crippen LogP contribution in [0.2, 0.25) is 0 Å². The fourth-order valence-electron chi connectivity index (χ4n) is 2.28. The number of carbonyl (C=O) groups excluding carboxylic acids is 2. The molecule has 0 saturated carbocycles. The molecule has 0 radical (unpaired) electrons. The summed E-state index contributed by atoms with van der Waals surface area (Å²) < 4.78 is 0.900. The second-order valence-corrected chi connectivity index (χ2v) is 6.07. The van der Waals surface area contributed by atoms with Crippen LogP contribution >= 0.6 is 15.9 Å². The van der Waals surface area contributed by atoms with Crippen molar-refractivity contribution in [1.29, 1.82) is 0 Å². The molecule has 1 aromatic rings. The lowest BCUT2D eigenvalue weighted by molar-refractivity contribution is -0.125. The Morgan fingerprint density at radius 2 is 2.15 bits per heavy atom. The summed E-state index contributed by atoms with van der Waals surface area (Å²) in [6.45, 7) is 4.59. The smallest absolute Gasteiger partial charge is 0.319 e. The van der Waals surface area contributed by atoms with Gasteiger partial charge in [0.25, 0.3) is 0 Å². The second-order valence-electron chi connectivity index (χ2n) is 5.15. The number of rotatable bonds is 2. The van der Waals surface area contributed by atoms with Gasteiger partial charge in [0.05, 0.1) is 0 Å². The van der Waals surface area contributed by atoms with Crippen molar-refractivity contribution >= 4 is 33.6 Å². The van der Waals surface area contributed by atoms with Gasteiger partial charge in [0.1, 0.15) is 6.04 Å². The van der Waals surface area contributed by atoms with Crippen LogP contribution < -0.4 is 16.0 Å². The summed E-state index contributed by atoms with van der Waals surface area (Å²) in [7, 11) is 0. The molecule has 1 heterocycles. The lowest BCUT2D eigenvalue weighted by atomic mass is 9.94. The van der Waals surface area contributed by atoms with Crippen molar-refractivity contribution in [3.8, 4) is 0 Å². The van der Waals surface area contributed by atoms with E-state index < -0.39 is 6.04 Å². The van der Waals surface area contributed by atoms with Crippen LogP contribution in [0, 0.1) is 12.8 Å². The van der Waals surface area contributed by atoms with Gasteiger partial charge in [-0.2, -0.15) is 0 Å². The largest absolute Gasteiger partial charge is 0.354 e. The molecule has 1 fully saturated rings. The zero-order valence-corrected chi connectivity index (χ0v) is 13.1. The summed E-state index contributed by atoms with van der Waals surface area (Å²) in [5.74, 6) is 0.0167. The van der Waals surface area contributed by atoms with Gasteiger partial charge in [-0.1, -0.05) is 22.9 Å². The Bertz CT molecular complexity index is 513. The fraction of sp³-hybridized carbons (Fsp3) is 0.429. The number of nitrogens with one attached hydrogen (secondary N) is 3. The topological polar surface area (TPSA) is 70.2 Å². The first-order chi connectivity index (χ1) is 9.45. The van der Waals surface area contributed by atoms with Crippen molar-refractivity contribution < 1.29 is 9.59 Å². The first-order valence-electron chi connectivity index (χ1n) is 6.58. The third-order valence-electron chi connectivity index (χ3n) is 3.34. The van der Waals surface area contributed by atoms with Crippen molar-refractivity contribution in [3.05, 3.63) is 28.2 Å². The average molecular weight is 340 g/mol. The standard InChI is InChI=1S/C14H18BrN3O2/c1-8-5-10(15)7-11(6-8)17-14(20)18-12-9(2)3-4-16-13(12)19/h5-7,9,12H,3-4H2,1-2H3,(H,16,19)(H2,17,18,20)/t9-,12+/m0/s1. The lowest BCUT2D eigenvalue weighted by Gasteiger charge is -2.28. The van der Waals surface area contributed by atoms with E-state index in [9.17, 15) is 9.59 Å². The molecule has 1 aliphatic heterocycles. The van der Waals surface area contributed by atoms with E-state index in [-0.39, 0.29) is 17.9 Å². The molecule has 0 aliphatic carbocycles. The number of hydrogen-bond donors (Lipinski definition) is 3. The molecule has 3 N–H and O–H groups in total. The number of halogens is 1. The SMILES string of the molecule is Cc1cc(Br)cc(NC(=O)N[C@H]2C(=O)NCC[C@@H]2C)c1. The molecule has 3 amide bonds. The Labute approximate surface area is 126 Å². The number of aryl methyl sites for hydroxylation is 1. The third-order valence-corrected chi connectivity index (χ3v) is 3.79. The highest BCUT2D eigenvalue weighted by Crippen LogP contribution is 2.19. The molecule has 0 spiro atoms. The summed E-state index contributed by atoms with van der Waals surface area (Å²) in [6.07, 6.45) is 0.868. The summed E-state index contributed by atoms with van der Waals surface area (Å²) in [4.78, 5) is 23.7. The Hall–Kier alpha value is -1.56. The predicted octanol–water partition coefficient (Wildman–Crippen LogP) is 2.40. The summed E-state index contributed by atoms with van der Waals surface area (Å²) >= 11 is 3.38. The normalized spacial score (nSPS) is 22.1. The van der Waals surface area contributed by atoms with Crippen LogP contribution in [0.5, 0.6) is 0 Å². The molecule has 2 atom stereocenters. The van der Waals surface area contributed by atoms with Crippen LogP contribution in [0.3, 0.4) is 0 Å². The predicted molar refractivity (Wildman–Crippen MR) is 81.6 cm³/mol. The van der Waals surface area contributed by atoms with Crippen molar-refractivity contribution in [1.82, 2.24) is 10.6 Å². The number of amides is 3. The van der Waals surface area contributed by atoms with E-state index in [1.54, 1.807) is 0 Å². The maximum atomic E-state index is 12.0. The van der Waals surface area contributed by atoms with Gasteiger partial charge in [0, 0.05) is 16.7 Å². The third kappa shape index (κ3) is 3.72. The minimum absolute atomic E-state index is 0.121. The van der Waals surface area contributed by atoms with E-state index in [1.807, 2.05) is 32.0 Å². The molecule has 1 saturated heterocycles. The van der Waals surface area contributed by atoms with Crippen molar-refractivity contribution in [2.75, 3.05) is 11.9 Å².